The molecule has 0 radical (unpaired) electrons. The number of rotatable bonds is 4. The molecule has 0 bridgehead atoms. The fraction of sp³-hybridized carbons (Fsp3) is 0.0556. The van der Waals surface area contributed by atoms with E-state index in [1.54, 1.807) is 0 Å². The van der Waals surface area contributed by atoms with Crippen molar-refractivity contribution >= 4 is 48.2 Å². The van der Waals surface area contributed by atoms with E-state index in [0.29, 0.717) is 0 Å². The minimum atomic E-state index is -0.0251. The van der Waals surface area contributed by atoms with Gasteiger partial charge in [0.1, 0.15) is 6.17 Å². The minimum Gasteiger partial charge on any atom is -0.366 e. The van der Waals surface area contributed by atoms with Crippen LogP contribution in [0.3, 0.4) is 0 Å². The molecule has 40 heavy (non-hydrogen) atoms. The van der Waals surface area contributed by atoms with Gasteiger partial charge in [-0.1, -0.05) is 109 Å². The van der Waals surface area contributed by atoms with E-state index in [-0.39, 0.29) is 12.2 Å². The lowest BCUT2D eigenvalue weighted by Crippen LogP contribution is -2.39. The van der Waals surface area contributed by atoms with Crippen LogP contribution in [0.4, 0.5) is 0 Å². The zero-order valence-electron chi connectivity index (χ0n) is 21.8. The Labute approximate surface area is 237 Å². The van der Waals surface area contributed by atoms with Crippen molar-refractivity contribution in [2.45, 2.75) is 12.2 Å². The first-order valence-corrected chi connectivity index (χ1v) is 14.5. The van der Waals surface area contributed by atoms with Crippen molar-refractivity contribution in [2.24, 2.45) is 0 Å². The van der Waals surface area contributed by atoms with Gasteiger partial charge in [-0.05, 0) is 47.0 Å². The van der Waals surface area contributed by atoms with E-state index < -0.39 is 0 Å². The van der Waals surface area contributed by atoms with E-state index in [2.05, 4.69) is 155 Å². The molecule has 0 saturated carbocycles. The van der Waals surface area contributed by atoms with E-state index in [0.717, 1.165) is 5.70 Å². The number of benzene rings is 5. The fourth-order valence-electron chi connectivity index (χ4n) is 5.97. The van der Waals surface area contributed by atoms with Crippen LogP contribution in [-0.4, -0.2) is 4.57 Å². The standard InChI is InChI=1S/C36H27N3S/c1-3-11-24(12-4-1)30-23-31(25-13-5-2-6-14-25)38-36(37-30)26-19-21-27(22-20-26)39-32-17-9-7-15-28(32)35-34(39)29-16-8-10-18-33(29)40-35/h1-23,30,36-38H. The highest BCUT2D eigenvalue weighted by Gasteiger charge is 2.24. The summed E-state index contributed by atoms with van der Waals surface area (Å²) in [5.41, 5.74) is 8.50. The van der Waals surface area contributed by atoms with Gasteiger partial charge in [-0.25, -0.2) is 0 Å². The number of aromatic nitrogens is 1. The van der Waals surface area contributed by atoms with Crippen LogP contribution in [0.2, 0.25) is 0 Å². The average Bonchev–Trinajstić information content (AvgIpc) is 3.57. The zero-order chi connectivity index (χ0) is 26.5. The number of hydrogen-bond donors (Lipinski definition) is 2. The molecule has 7 aromatic rings. The molecule has 0 aliphatic carbocycles. The molecule has 0 amide bonds. The predicted molar refractivity (Wildman–Crippen MR) is 169 cm³/mol. The van der Waals surface area contributed by atoms with Gasteiger partial charge in [0.05, 0.1) is 21.8 Å². The summed E-state index contributed by atoms with van der Waals surface area (Å²) < 4.78 is 5.10. The van der Waals surface area contributed by atoms with E-state index in [9.17, 15) is 0 Å². The Morgan fingerprint density at radius 3 is 2.08 bits per heavy atom. The molecule has 1 aliphatic rings. The molecule has 1 aliphatic heterocycles. The van der Waals surface area contributed by atoms with Crippen LogP contribution >= 0.6 is 11.3 Å². The van der Waals surface area contributed by atoms with Gasteiger partial charge in [0.2, 0.25) is 0 Å². The van der Waals surface area contributed by atoms with Crippen LogP contribution in [0, 0.1) is 0 Å². The number of hydrogen-bond acceptors (Lipinski definition) is 3. The highest BCUT2D eigenvalue weighted by Crippen LogP contribution is 2.42. The molecule has 5 aromatic carbocycles. The number of thiophene rings is 1. The Morgan fingerprint density at radius 2 is 1.27 bits per heavy atom. The highest BCUT2D eigenvalue weighted by atomic mass is 32.1. The third-order valence-corrected chi connectivity index (χ3v) is 9.08. The third kappa shape index (κ3) is 3.84. The van der Waals surface area contributed by atoms with Crippen molar-refractivity contribution in [2.75, 3.05) is 0 Å². The van der Waals surface area contributed by atoms with Crippen molar-refractivity contribution in [3.05, 3.63) is 156 Å². The van der Waals surface area contributed by atoms with Gasteiger partial charge in [-0.3, -0.25) is 5.32 Å². The quantitative estimate of drug-likeness (QED) is 0.236. The van der Waals surface area contributed by atoms with E-state index in [4.69, 9.17) is 0 Å². The van der Waals surface area contributed by atoms with Gasteiger partial charge in [0.25, 0.3) is 0 Å². The van der Waals surface area contributed by atoms with Gasteiger partial charge < -0.3 is 9.88 Å². The fourth-order valence-corrected chi connectivity index (χ4v) is 7.19. The summed E-state index contributed by atoms with van der Waals surface area (Å²) in [6.07, 6.45) is 2.27. The van der Waals surface area contributed by atoms with Gasteiger partial charge in [0, 0.05) is 26.9 Å². The normalized spacial score (nSPS) is 17.2. The van der Waals surface area contributed by atoms with Crippen LogP contribution in [0.5, 0.6) is 0 Å². The summed E-state index contributed by atoms with van der Waals surface area (Å²) in [4.78, 5) is 0. The minimum absolute atomic E-state index is 0.0251. The van der Waals surface area contributed by atoms with E-state index in [1.807, 2.05) is 11.3 Å². The second-order valence-electron chi connectivity index (χ2n) is 10.3. The lowest BCUT2D eigenvalue weighted by molar-refractivity contribution is 0.442. The first-order valence-electron chi connectivity index (χ1n) is 13.7. The third-order valence-electron chi connectivity index (χ3n) is 7.89. The summed E-state index contributed by atoms with van der Waals surface area (Å²) in [6.45, 7) is 0. The lowest BCUT2D eigenvalue weighted by atomic mass is 9.98. The molecule has 3 nitrogen and oxygen atoms in total. The maximum Gasteiger partial charge on any atom is 0.104 e. The van der Waals surface area contributed by atoms with Gasteiger partial charge in [-0.2, -0.15) is 0 Å². The molecular weight excluding hydrogens is 506 g/mol. The molecular formula is C36H27N3S. The maximum atomic E-state index is 3.83. The predicted octanol–water partition coefficient (Wildman–Crippen LogP) is 8.97. The van der Waals surface area contributed by atoms with E-state index in [1.165, 1.54) is 53.6 Å². The molecule has 0 saturated heterocycles. The maximum absolute atomic E-state index is 3.83. The lowest BCUT2D eigenvalue weighted by Gasteiger charge is -2.33. The average molecular weight is 534 g/mol. The smallest absolute Gasteiger partial charge is 0.104 e. The molecule has 2 aromatic heterocycles. The Balaban J connectivity index is 1.21. The first kappa shape index (κ1) is 23.3. The zero-order valence-corrected chi connectivity index (χ0v) is 22.6. The van der Waals surface area contributed by atoms with E-state index >= 15 is 0 Å². The summed E-state index contributed by atoms with van der Waals surface area (Å²) in [5, 5.41) is 10.2. The Hall–Kier alpha value is -4.64. The number of para-hydroxylation sites is 1. The van der Waals surface area contributed by atoms with Crippen LogP contribution in [0.25, 0.3) is 42.6 Å². The van der Waals surface area contributed by atoms with Gasteiger partial charge >= 0.3 is 0 Å². The van der Waals surface area contributed by atoms with Crippen LogP contribution < -0.4 is 10.6 Å². The second kappa shape index (κ2) is 9.53. The molecule has 4 heteroatoms. The Bertz CT molecular complexity index is 1990. The van der Waals surface area contributed by atoms with Crippen molar-refractivity contribution in [1.82, 2.24) is 15.2 Å². The monoisotopic (exact) mass is 533 g/mol. The van der Waals surface area contributed by atoms with Crippen LogP contribution in [0.15, 0.2) is 140 Å². The number of nitrogens with zero attached hydrogens (tertiary/aromatic N) is 1. The van der Waals surface area contributed by atoms with Crippen LogP contribution in [-0.2, 0) is 0 Å². The molecule has 2 N–H and O–H groups in total. The summed E-state index contributed by atoms with van der Waals surface area (Å²) >= 11 is 1.88. The summed E-state index contributed by atoms with van der Waals surface area (Å²) in [5.74, 6) is 0. The second-order valence-corrected chi connectivity index (χ2v) is 11.4. The molecule has 0 spiro atoms. The van der Waals surface area contributed by atoms with Gasteiger partial charge in [0.15, 0.2) is 0 Å². The molecule has 192 valence electrons. The Morgan fingerprint density at radius 1 is 0.600 bits per heavy atom. The SMILES string of the molecule is C1=C(c2ccccc2)NC(c2ccc(-n3c4ccccc4c4sc5ccccc5c43)cc2)NC1c1ccccc1. The number of fused-ring (bicyclic) bond motifs is 5. The van der Waals surface area contributed by atoms with Gasteiger partial charge in [-0.15, -0.1) is 11.3 Å². The van der Waals surface area contributed by atoms with Crippen molar-refractivity contribution in [3.63, 3.8) is 0 Å². The molecule has 0 fully saturated rings. The topological polar surface area (TPSA) is 29.0 Å². The molecule has 8 rings (SSSR count). The Kier molecular flexibility index (Phi) is 5.54. The summed E-state index contributed by atoms with van der Waals surface area (Å²) in [7, 11) is 0. The molecule has 3 heterocycles. The first-order chi connectivity index (χ1) is 19.8. The number of nitrogens with one attached hydrogen (secondary N) is 2. The molecule has 2 unspecified atom stereocenters. The molecule has 2 atom stereocenters. The summed E-state index contributed by atoms with van der Waals surface area (Å²) in [6, 6.07) is 47.9. The highest BCUT2D eigenvalue weighted by molar-refractivity contribution is 7.26. The van der Waals surface area contributed by atoms with Crippen molar-refractivity contribution < 1.29 is 0 Å². The van der Waals surface area contributed by atoms with Crippen molar-refractivity contribution in [3.8, 4) is 5.69 Å². The van der Waals surface area contributed by atoms with Crippen LogP contribution in [0.1, 0.15) is 28.9 Å². The van der Waals surface area contributed by atoms with Crippen molar-refractivity contribution in [1.29, 1.82) is 0 Å². The largest absolute Gasteiger partial charge is 0.366 e.